The Balaban J connectivity index is 1.85. The Bertz CT molecular complexity index is 547. The number of carbonyl (C=O) groups excluding carboxylic acids is 2. The maximum Gasteiger partial charge on any atom is 0.225 e. The van der Waals surface area contributed by atoms with Gasteiger partial charge in [-0.25, -0.2) is 0 Å². The van der Waals surface area contributed by atoms with Crippen LogP contribution in [0.4, 0.5) is 0 Å². The number of amides is 2. The molecule has 1 aromatic carbocycles. The smallest absolute Gasteiger partial charge is 0.225 e. The lowest BCUT2D eigenvalue weighted by atomic mass is 9.98. The Morgan fingerprint density at radius 2 is 2.08 bits per heavy atom. The molecule has 1 aliphatic heterocycles. The number of rotatable bonds is 8. The third-order valence-electron chi connectivity index (χ3n) is 4.95. The van der Waals surface area contributed by atoms with E-state index in [0.717, 1.165) is 12.8 Å². The minimum absolute atomic E-state index is 0.0372. The summed E-state index contributed by atoms with van der Waals surface area (Å²) in [6.45, 7) is 5.08. The van der Waals surface area contributed by atoms with E-state index in [9.17, 15) is 14.7 Å². The van der Waals surface area contributed by atoms with Crippen molar-refractivity contribution in [3.8, 4) is 0 Å². The van der Waals surface area contributed by atoms with Crippen molar-refractivity contribution in [3.05, 3.63) is 35.9 Å². The van der Waals surface area contributed by atoms with Gasteiger partial charge in [0.1, 0.15) is 0 Å². The van der Waals surface area contributed by atoms with Crippen LogP contribution in [0.3, 0.4) is 0 Å². The summed E-state index contributed by atoms with van der Waals surface area (Å²) in [5.74, 6) is -0.184. The molecule has 0 aliphatic carbocycles. The van der Waals surface area contributed by atoms with Gasteiger partial charge in [0.15, 0.2) is 0 Å². The van der Waals surface area contributed by atoms with Gasteiger partial charge in [-0.1, -0.05) is 50.6 Å². The highest BCUT2D eigenvalue weighted by Gasteiger charge is 2.35. The zero-order valence-electron chi connectivity index (χ0n) is 14.6. The average Bonchev–Trinajstić information content (AvgIpc) is 2.99. The van der Waals surface area contributed by atoms with Crippen molar-refractivity contribution in [2.24, 2.45) is 11.8 Å². The van der Waals surface area contributed by atoms with Gasteiger partial charge in [-0.05, 0) is 17.9 Å². The second kappa shape index (κ2) is 8.83. The topological polar surface area (TPSA) is 69.6 Å². The molecule has 3 atom stereocenters. The number of aliphatic hydroxyl groups is 1. The van der Waals surface area contributed by atoms with Crippen molar-refractivity contribution in [2.75, 3.05) is 19.7 Å². The first-order valence-electron chi connectivity index (χ1n) is 8.78. The molecule has 2 rings (SSSR count). The summed E-state index contributed by atoms with van der Waals surface area (Å²) < 4.78 is 0. The van der Waals surface area contributed by atoms with Crippen LogP contribution < -0.4 is 5.32 Å². The number of nitrogens with one attached hydrogen (secondary N) is 1. The van der Waals surface area contributed by atoms with Crippen LogP contribution >= 0.6 is 0 Å². The van der Waals surface area contributed by atoms with E-state index in [0.29, 0.717) is 13.1 Å². The third-order valence-corrected chi connectivity index (χ3v) is 4.95. The van der Waals surface area contributed by atoms with Gasteiger partial charge in [-0.15, -0.1) is 0 Å². The Morgan fingerprint density at radius 1 is 1.38 bits per heavy atom. The molecule has 1 saturated heterocycles. The Kier molecular flexibility index (Phi) is 6.79. The van der Waals surface area contributed by atoms with Crippen LogP contribution in [0.2, 0.25) is 0 Å². The lowest BCUT2D eigenvalue weighted by molar-refractivity contribution is -0.129. The molecule has 1 aliphatic rings. The van der Waals surface area contributed by atoms with Crippen LogP contribution in [-0.4, -0.2) is 47.6 Å². The normalized spacial score (nSPS) is 20.0. The number of likely N-dealkylation sites (tertiary alicyclic amines) is 1. The SMILES string of the molecule is CC[C@H](C)[C@@H](CO)NC(=O)[C@@H]1CC(=O)N(CCc2ccccc2)C1. The van der Waals surface area contributed by atoms with Gasteiger partial charge in [-0.3, -0.25) is 9.59 Å². The number of carbonyl (C=O) groups is 2. The van der Waals surface area contributed by atoms with Crippen LogP contribution in [0, 0.1) is 11.8 Å². The molecular weight excluding hydrogens is 304 g/mol. The van der Waals surface area contributed by atoms with Gasteiger partial charge in [0.2, 0.25) is 11.8 Å². The molecular formula is C19H28N2O3. The predicted octanol–water partition coefficient (Wildman–Crippen LogP) is 1.60. The Hall–Kier alpha value is -1.88. The lowest BCUT2D eigenvalue weighted by Gasteiger charge is -2.24. The fourth-order valence-electron chi connectivity index (χ4n) is 3.03. The predicted molar refractivity (Wildman–Crippen MR) is 93.3 cm³/mol. The molecule has 5 nitrogen and oxygen atoms in total. The number of nitrogens with zero attached hydrogens (tertiary/aromatic N) is 1. The van der Waals surface area contributed by atoms with Gasteiger partial charge in [-0.2, -0.15) is 0 Å². The Labute approximate surface area is 144 Å². The standard InChI is InChI=1S/C19H28N2O3/c1-3-14(2)17(13-22)20-19(24)16-11-18(23)21(12-16)10-9-15-7-5-4-6-8-15/h4-8,14,16-17,22H,3,9-13H2,1-2H3,(H,20,24)/t14-,16+,17+/m0/s1. The van der Waals surface area contributed by atoms with Crippen molar-refractivity contribution in [2.45, 2.75) is 39.2 Å². The van der Waals surface area contributed by atoms with Crippen LogP contribution in [-0.2, 0) is 16.0 Å². The minimum atomic E-state index is -0.314. The molecule has 1 heterocycles. The molecule has 24 heavy (non-hydrogen) atoms. The number of hydrogen-bond donors (Lipinski definition) is 2. The van der Waals surface area contributed by atoms with Crippen LogP contribution in [0.5, 0.6) is 0 Å². The van der Waals surface area contributed by atoms with Crippen LogP contribution in [0.25, 0.3) is 0 Å². The molecule has 1 aromatic rings. The molecule has 2 N–H and O–H groups in total. The molecule has 0 radical (unpaired) electrons. The summed E-state index contributed by atoms with van der Waals surface area (Å²) in [7, 11) is 0. The maximum absolute atomic E-state index is 12.4. The van der Waals surface area contributed by atoms with E-state index in [1.54, 1.807) is 4.90 Å². The molecule has 1 fully saturated rings. The summed E-state index contributed by atoms with van der Waals surface area (Å²) in [4.78, 5) is 26.3. The fourth-order valence-corrected chi connectivity index (χ4v) is 3.03. The molecule has 0 aromatic heterocycles. The monoisotopic (exact) mass is 332 g/mol. The van der Waals surface area contributed by atoms with Gasteiger partial charge in [0, 0.05) is 19.5 Å². The zero-order chi connectivity index (χ0) is 17.5. The zero-order valence-corrected chi connectivity index (χ0v) is 14.6. The van der Waals surface area contributed by atoms with Crippen molar-refractivity contribution < 1.29 is 14.7 Å². The molecule has 0 spiro atoms. The van der Waals surface area contributed by atoms with E-state index >= 15 is 0 Å². The van der Waals surface area contributed by atoms with Gasteiger partial charge in [0.05, 0.1) is 18.6 Å². The second-order valence-corrected chi connectivity index (χ2v) is 6.66. The quantitative estimate of drug-likeness (QED) is 0.760. The maximum atomic E-state index is 12.4. The van der Waals surface area contributed by atoms with E-state index in [1.807, 2.05) is 44.2 Å². The lowest BCUT2D eigenvalue weighted by Crippen LogP contribution is -2.45. The molecule has 132 valence electrons. The molecule has 2 amide bonds. The van der Waals surface area contributed by atoms with Crippen LogP contribution in [0.15, 0.2) is 30.3 Å². The largest absolute Gasteiger partial charge is 0.394 e. The molecule has 0 bridgehead atoms. The van der Waals surface area contributed by atoms with E-state index in [2.05, 4.69) is 5.32 Å². The van der Waals surface area contributed by atoms with E-state index < -0.39 is 0 Å². The summed E-state index contributed by atoms with van der Waals surface area (Å²) in [6.07, 6.45) is 1.95. The van der Waals surface area contributed by atoms with Crippen molar-refractivity contribution in [1.82, 2.24) is 10.2 Å². The minimum Gasteiger partial charge on any atom is -0.394 e. The van der Waals surface area contributed by atoms with Crippen molar-refractivity contribution >= 4 is 11.8 Å². The number of hydrogen-bond acceptors (Lipinski definition) is 3. The summed E-state index contributed by atoms with van der Waals surface area (Å²) in [6, 6.07) is 9.80. The number of benzene rings is 1. The molecule has 0 unspecified atom stereocenters. The highest BCUT2D eigenvalue weighted by Crippen LogP contribution is 2.19. The second-order valence-electron chi connectivity index (χ2n) is 6.66. The highest BCUT2D eigenvalue weighted by atomic mass is 16.3. The first-order chi connectivity index (χ1) is 11.5. The van der Waals surface area contributed by atoms with Crippen LogP contribution in [0.1, 0.15) is 32.3 Å². The van der Waals surface area contributed by atoms with E-state index in [4.69, 9.17) is 0 Å². The Morgan fingerprint density at radius 3 is 2.71 bits per heavy atom. The molecule has 0 saturated carbocycles. The van der Waals surface area contributed by atoms with Crippen molar-refractivity contribution in [1.29, 1.82) is 0 Å². The first kappa shape index (κ1) is 18.5. The first-order valence-corrected chi connectivity index (χ1v) is 8.78. The third kappa shape index (κ3) is 4.81. The highest BCUT2D eigenvalue weighted by molar-refractivity contribution is 5.89. The average molecular weight is 332 g/mol. The van der Waals surface area contributed by atoms with Crippen molar-refractivity contribution in [3.63, 3.8) is 0 Å². The van der Waals surface area contributed by atoms with E-state index in [-0.39, 0.29) is 42.7 Å². The van der Waals surface area contributed by atoms with Gasteiger partial charge >= 0.3 is 0 Å². The summed E-state index contributed by atoms with van der Waals surface area (Å²) >= 11 is 0. The van der Waals surface area contributed by atoms with Gasteiger partial charge < -0.3 is 15.3 Å². The van der Waals surface area contributed by atoms with Gasteiger partial charge in [0.25, 0.3) is 0 Å². The molecule has 5 heteroatoms. The fraction of sp³-hybridized carbons (Fsp3) is 0.579. The summed E-state index contributed by atoms with van der Waals surface area (Å²) in [5, 5.41) is 12.3. The van der Waals surface area contributed by atoms with E-state index in [1.165, 1.54) is 5.56 Å². The number of aliphatic hydroxyl groups excluding tert-OH is 1. The summed E-state index contributed by atoms with van der Waals surface area (Å²) in [5.41, 5.74) is 1.19.